The van der Waals surface area contributed by atoms with Crippen molar-refractivity contribution in [2.45, 2.75) is 18.1 Å². The van der Waals surface area contributed by atoms with Gasteiger partial charge in [0.25, 0.3) is 0 Å². The lowest BCUT2D eigenvalue weighted by atomic mass is 10.00. The van der Waals surface area contributed by atoms with Crippen molar-refractivity contribution in [3.05, 3.63) is 48.0 Å². The van der Waals surface area contributed by atoms with E-state index in [1.165, 1.54) is 17.1 Å². The van der Waals surface area contributed by atoms with Crippen LogP contribution in [0.3, 0.4) is 0 Å². The third kappa shape index (κ3) is 3.50. The highest BCUT2D eigenvalue weighted by atomic mass is 32.2. The molecular formula is C16H17N5OS. The molecule has 0 aliphatic carbocycles. The molecule has 0 bridgehead atoms. The number of aromatic nitrogens is 4. The van der Waals surface area contributed by atoms with Crippen molar-refractivity contribution in [3.63, 3.8) is 0 Å². The number of benzene rings is 2. The normalized spacial score (nSPS) is 12.3. The zero-order valence-corrected chi connectivity index (χ0v) is 13.7. The highest BCUT2D eigenvalue weighted by Gasteiger charge is 2.13. The van der Waals surface area contributed by atoms with Gasteiger partial charge < -0.3 is 5.32 Å². The molecule has 1 atom stereocenters. The van der Waals surface area contributed by atoms with Crippen molar-refractivity contribution < 1.29 is 4.79 Å². The molecule has 3 rings (SSSR count). The number of amides is 1. The smallest absolute Gasteiger partial charge is 0.230 e. The third-order valence-corrected chi connectivity index (χ3v) is 4.59. The first-order valence-corrected chi connectivity index (χ1v) is 8.26. The van der Waals surface area contributed by atoms with E-state index < -0.39 is 0 Å². The number of tetrazole rings is 1. The van der Waals surface area contributed by atoms with Gasteiger partial charge in [-0.15, -0.1) is 5.10 Å². The fourth-order valence-electron chi connectivity index (χ4n) is 2.46. The summed E-state index contributed by atoms with van der Waals surface area (Å²) in [5, 5.41) is 17.1. The molecule has 0 saturated heterocycles. The van der Waals surface area contributed by atoms with Crippen LogP contribution in [0, 0.1) is 0 Å². The molecule has 0 fully saturated rings. The highest BCUT2D eigenvalue weighted by molar-refractivity contribution is 7.99. The van der Waals surface area contributed by atoms with E-state index in [-0.39, 0.29) is 17.7 Å². The Kier molecular flexibility index (Phi) is 4.57. The van der Waals surface area contributed by atoms with Gasteiger partial charge in [0.2, 0.25) is 11.1 Å². The summed E-state index contributed by atoms with van der Waals surface area (Å²) in [6, 6.07) is 14.2. The summed E-state index contributed by atoms with van der Waals surface area (Å²) in [6.07, 6.45) is 0. The van der Waals surface area contributed by atoms with Gasteiger partial charge in [-0.05, 0) is 33.7 Å². The van der Waals surface area contributed by atoms with Crippen LogP contribution in [-0.4, -0.2) is 31.9 Å². The van der Waals surface area contributed by atoms with E-state index in [9.17, 15) is 4.79 Å². The second-order valence-electron chi connectivity index (χ2n) is 5.23. The van der Waals surface area contributed by atoms with Crippen molar-refractivity contribution in [1.29, 1.82) is 0 Å². The number of carbonyl (C=O) groups excluding carboxylic acids is 1. The molecule has 0 spiro atoms. The van der Waals surface area contributed by atoms with Gasteiger partial charge in [0.1, 0.15) is 0 Å². The van der Waals surface area contributed by atoms with Crippen LogP contribution in [0.5, 0.6) is 0 Å². The summed E-state index contributed by atoms with van der Waals surface area (Å²) in [7, 11) is 1.75. The van der Waals surface area contributed by atoms with Gasteiger partial charge >= 0.3 is 0 Å². The zero-order chi connectivity index (χ0) is 16.2. The summed E-state index contributed by atoms with van der Waals surface area (Å²) in [5.74, 6) is 0.238. The molecule has 7 heteroatoms. The van der Waals surface area contributed by atoms with Crippen LogP contribution in [-0.2, 0) is 11.8 Å². The predicted molar refractivity (Wildman–Crippen MR) is 90.0 cm³/mol. The first-order chi connectivity index (χ1) is 11.1. The number of carbonyl (C=O) groups is 1. The minimum atomic E-state index is -0.0631. The van der Waals surface area contributed by atoms with Crippen molar-refractivity contribution in [3.8, 4) is 0 Å². The van der Waals surface area contributed by atoms with Gasteiger partial charge in [-0.2, -0.15) is 0 Å². The van der Waals surface area contributed by atoms with Crippen LogP contribution < -0.4 is 5.32 Å². The first-order valence-electron chi connectivity index (χ1n) is 7.27. The largest absolute Gasteiger partial charge is 0.349 e. The minimum Gasteiger partial charge on any atom is -0.349 e. The molecule has 0 unspecified atom stereocenters. The number of hydrogen-bond acceptors (Lipinski definition) is 5. The Balaban J connectivity index is 1.67. The molecule has 6 nitrogen and oxygen atoms in total. The van der Waals surface area contributed by atoms with Gasteiger partial charge in [-0.3, -0.25) is 4.79 Å². The number of aryl methyl sites for hydroxylation is 1. The molecule has 118 valence electrons. The van der Waals surface area contributed by atoms with Gasteiger partial charge in [-0.1, -0.05) is 54.2 Å². The molecule has 0 aliphatic heterocycles. The number of thioether (sulfide) groups is 1. The molecule has 0 radical (unpaired) electrons. The van der Waals surface area contributed by atoms with Crippen molar-refractivity contribution in [2.75, 3.05) is 5.75 Å². The Morgan fingerprint density at radius 2 is 2.04 bits per heavy atom. The lowest BCUT2D eigenvalue weighted by molar-refractivity contribution is -0.119. The standard InChI is InChI=1S/C16H17N5OS/c1-11(13-9-5-7-12-6-3-4-8-14(12)13)17-15(22)10-23-16-18-19-20-21(16)2/h3-9,11H,10H2,1-2H3,(H,17,22)/t11-/m1/s1. The van der Waals surface area contributed by atoms with E-state index in [4.69, 9.17) is 0 Å². The average Bonchev–Trinajstić information content (AvgIpc) is 2.97. The maximum atomic E-state index is 12.2. The lowest BCUT2D eigenvalue weighted by Crippen LogP contribution is -2.28. The number of rotatable bonds is 5. The van der Waals surface area contributed by atoms with Gasteiger partial charge in [0, 0.05) is 7.05 Å². The number of fused-ring (bicyclic) bond motifs is 1. The second kappa shape index (κ2) is 6.78. The Labute approximate surface area is 138 Å². The summed E-state index contributed by atoms with van der Waals surface area (Å²) < 4.78 is 1.55. The second-order valence-corrected chi connectivity index (χ2v) is 6.17. The summed E-state index contributed by atoms with van der Waals surface area (Å²) in [5.41, 5.74) is 1.11. The zero-order valence-electron chi connectivity index (χ0n) is 12.9. The third-order valence-electron chi connectivity index (χ3n) is 3.58. The quantitative estimate of drug-likeness (QED) is 0.728. The minimum absolute atomic E-state index is 0.0431. The Morgan fingerprint density at radius 3 is 2.83 bits per heavy atom. The molecule has 0 saturated carbocycles. The Morgan fingerprint density at radius 1 is 1.26 bits per heavy atom. The van der Waals surface area contributed by atoms with Crippen LogP contribution in [0.2, 0.25) is 0 Å². The number of nitrogens with zero attached hydrogens (tertiary/aromatic N) is 4. The van der Waals surface area contributed by atoms with E-state index in [0.717, 1.165) is 10.9 Å². The summed E-state index contributed by atoms with van der Waals surface area (Å²) in [6.45, 7) is 1.99. The molecule has 1 aromatic heterocycles. The van der Waals surface area contributed by atoms with Crippen LogP contribution in [0.25, 0.3) is 10.8 Å². The number of nitrogens with one attached hydrogen (secondary N) is 1. The molecule has 1 amide bonds. The SMILES string of the molecule is C[C@@H](NC(=O)CSc1nnnn1C)c1cccc2ccccc12. The van der Waals surface area contributed by atoms with Crippen LogP contribution >= 0.6 is 11.8 Å². The topological polar surface area (TPSA) is 72.7 Å². The number of hydrogen-bond donors (Lipinski definition) is 1. The fraction of sp³-hybridized carbons (Fsp3) is 0.250. The molecule has 2 aromatic carbocycles. The maximum absolute atomic E-state index is 12.2. The van der Waals surface area contributed by atoms with E-state index in [1.54, 1.807) is 11.7 Å². The van der Waals surface area contributed by atoms with E-state index in [0.29, 0.717) is 5.16 Å². The van der Waals surface area contributed by atoms with Crippen molar-refractivity contribution in [2.24, 2.45) is 7.05 Å². The van der Waals surface area contributed by atoms with E-state index in [2.05, 4.69) is 39.0 Å². The molecule has 3 aromatic rings. The Bertz CT molecular complexity index is 827. The lowest BCUT2D eigenvalue weighted by Gasteiger charge is -2.16. The summed E-state index contributed by atoms with van der Waals surface area (Å²) >= 11 is 1.32. The molecule has 1 N–H and O–H groups in total. The van der Waals surface area contributed by atoms with Crippen molar-refractivity contribution >= 4 is 28.4 Å². The van der Waals surface area contributed by atoms with Gasteiger partial charge in [-0.25, -0.2) is 4.68 Å². The van der Waals surface area contributed by atoms with Gasteiger partial charge in [0.15, 0.2) is 0 Å². The highest BCUT2D eigenvalue weighted by Crippen LogP contribution is 2.24. The van der Waals surface area contributed by atoms with Crippen LogP contribution in [0.4, 0.5) is 0 Å². The maximum Gasteiger partial charge on any atom is 0.230 e. The van der Waals surface area contributed by atoms with Gasteiger partial charge in [0.05, 0.1) is 11.8 Å². The molecule has 1 heterocycles. The fourth-order valence-corrected chi connectivity index (χ4v) is 3.12. The summed E-state index contributed by atoms with van der Waals surface area (Å²) in [4.78, 5) is 12.2. The molecular weight excluding hydrogens is 310 g/mol. The molecule has 23 heavy (non-hydrogen) atoms. The van der Waals surface area contributed by atoms with Crippen LogP contribution in [0.15, 0.2) is 47.6 Å². The average molecular weight is 327 g/mol. The first kappa shape index (κ1) is 15.5. The van der Waals surface area contributed by atoms with E-state index in [1.807, 2.05) is 31.2 Å². The van der Waals surface area contributed by atoms with E-state index >= 15 is 0 Å². The molecule has 0 aliphatic rings. The van der Waals surface area contributed by atoms with Crippen LogP contribution in [0.1, 0.15) is 18.5 Å². The monoisotopic (exact) mass is 327 g/mol. The van der Waals surface area contributed by atoms with Crippen molar-refractivity contribution in [1.82, 2.24) is 25.5 Å². The Hall–Kier alpha value is -2.41. The predicted octanol–water partition coefficient (Wildman–Crippen LogP) is 2.33.